The van der Waals surface area contributed by atoms with Crippen molar-refractivity contribution in [2.45, 2.75) is 132 Å². The SMILES string of the molecule is Cc1ccc([C@]23OC[C@](C(C)(C)O)(O2)[C@@H](O)[C@H](O)[C@H]3O)cc1Cc1ccc(CCCC(=O)N(CCN2CC[C@@H](F)C2)C2(NC=O)CCCCC2)cc1. The van der Waals surface area contributed by atoms with E-state index in [0.29, 0.717) is 70.3 Å². The first-order valence-corrected chi connectivity index (χ1v) is 18.9. The first-order valence-electron chi connectivity index (χ1n) is 18.9. The summed E-state index contributed by atoms with van der Waals surface area (Å²) in [5.41, 5.74) is 0.724. The average Bonchev–Trinajstić information content (AvgIpc) is 3.73. The van der Waals surface area contributed by atoms with Crippen LogP contribution in [0.25, 0.3) is 0 Å². The molecule has 3 saturated heterocycles. The molecule has 2 amide bonds. The molecule has 1 aliphatic carbocycles. The third kappa shape index (κ3) is 7.40. The molecular weight excluding hydrogens is 669 g/mol. The van der Waals surface area contributed by atoms with E-state index in [9.17, 15) is 34.4 Å². The fourth-order valence-corrected chi connectivity index (χ4v) is 8.73. The van der Waals surface area contributed by atoms with Crippen molar-refractivity contribution in [2.24, 2.45) is 0 Å². The largest absolute Gasteiger partial charge is 0.387 e. The van der Waals surface area contributed by atoms with Crippen LogP contribution in [0, 0.1) is 6.92 Å². The van der Waals surface area contributed by atoms with Gasteiger partial charge in [-0.1, -0.05) is 42.8 Å². The van der Waals surface area contributed by atoms with Crippen LogP contribution >= 0.6 is 0 Å². The second-order valence-electron chi connectivity index (χ2n) is 16.0. The minimum Gasteiger partial charge on any atom is -0.387 e. The summed E-state index contributed by atoms with van der Waals surface area (Å²) in [6, 6.07) is 13.8. The Morgan fingerprint density at radius 2 is 1.79 bits per heavy atom. The molecule has 4 fully saturated rings. The number of halogens is 1. The first kappa shape index (κ1) is 38.7. The number of amides is 2. The van der Waals surface area contributed by atoms with Crippen LogP contribution < -0.4 is 5.32 Å². The van der Waals surface area contributed by atoms with Crippen LogP contribution in [-0.2, 0) is 37.7 Å². The number of alkyl halides is 1. The van der Waals surface area contributed by atoms with Crippen molar-refractivity contribution in [1.82, 2.24) is 15.1 Å². The molecule has 0 aromatic heterocycles. The maximum atomic E-state index is 13.9. The van der Waals surface area contributed by atoms with Gasteiger partial charge in [-0.05, 0) is 100 Å². The van der Waals surface area contributed by atoms with Gasteiger partial charge in [0.2, 0.25) is 18.1 Å². The predicted molar refractivity (Wildman–Crippen MR) is 192 cm³/mol. The number of aryl methyl sites for hydroxylation is 2. The standard InChI is InChI=1S/C40H56FN3O8/c1-27-10-15-31(40-36(49)34(47)35(48)39(52-40,25-51-40)37(2,3)50)23-30(27)22-29-13-11-28(12-14-29)8-7-9-33(46)44(21-20-43-19-16-32(41)24-43)38(42-26-45)17-5-4-6-18-38/h10-15,23,26,32,34-36,47-50H,4-9,16-22,24-25H2,1-3H3,(H,42,45)/t32-,34+,35+,36-,39+,40+/m1/s1. The molecule has 11 nitrogen and oxygen atoms in total. The van der Waals surface area contributed by atoms with Crippen molar-refractivity contribution < 1.29 is 43.9 Å². The Balaban J connectivity index is 1.10. The Morgan fingerprint density at radius 3 is 2.44 bits per heavy atom. The zero-order chi connectivity index (χ0) is 37.3. The van der Waals surface area contributed by atoms with Crippen LogP contribution in [0.3, 0.4) is 0 Å². The number of hydrogen-bond acceptors (Lipinski definition) is 9. The van der Waals surface area contributed by atoms with E-state index in [2.05, 4.69) is 34.5 Å². The summed E-state index contributed by atoms with van der Waals surface area (Å²) >= 11 is 0. The second kappa shape index (κ2) is 15.4. The quantitative estimate of drug-likeness (QED) is 0.146. The van der Waals surface area contributed by atoms with E-state index >= 15 is 0 Å². The lowest BCUT2D eigenvalue weighted by Gasteiger charge is -2.50. The van der Waals surface area contributed by atoms with Gasteiger partial charge < -0.3 is 40.1 Å². The number of hydrogen-bond donors (Lipinski definition) is 5. The van der Waals surface area contributed by atoms with Gasteiger partial charge in [0, 0.05) is 38.2 Å². The van der Waals surface area contributed by atoms with Crippen molar-refractivity contribution in [3.05, 3.63) is 70.3 Å². The lowest BCUT2D eigenvalue weighted by atomic mass is 9.75. The molecule has 12 heteroatoms. The molecule has 2 bridgehead atoms. The monoisotopic (exact) mass is 725 g/mol. The third-order valence-corrected chi connectivity index (χ3v) is 12.1. The summed E-state index contributed by atoms with van der Waals surface area (Å²) in [6.07, 6.45) is 2.37. The summed E-state index contributed by atoms with van der Waals surface area (Å²) < 4.78 is 26.2. The van der Waals surface area contributed by atoms with Crippen molar-refractivity contribution in [3.8, 4) is 0 Å². The highest BCUT2D eigenvalue weighted by atomic mass is 19.1. The third-order valence-electron chi connectivity index (χ3n) is 12.1. The fraction of sp³-hybridized carbons (Fsp3) is 0.650. The van der Waals surface area contributed by atoms with Crippen LogP contribution in [0.2, 0.25) is 0 Å². The van der Waals surface area contributed by atoms with Crippen molar-refractivity contribution >= 4 is 12.3 Å². The van der Waals surface area contributed by atoms with Crippen LogP contribution in [0.15, 0.2) is 42.5 Å². The number of carbonyl (C=O) groups excluding carboxylic acids is 2. The molecule has 52 heavy (non-hydrogen) atoms. The van der Waals surface area contributed by atoms with Gasteiger partial charge in [0.25, 0.3) is 0 Å². The molecule has 3 heterocycles. The molecule has 0 unspecified atom stereocenters. The van der Waals surface area contributed by atoms with E-state index in [-0.39, 0.29) is 12.5 Å². The molecule has 6 rings (SSSR count). The summed E-state index contributed by atoms with van der Waals surface area (Å²) in [4.78, 5) is 29.4. The molecule has 0 radical (unpaired) electrons. The van der Waals surface area contributed by atoms with Gasteiger partial charge >= 0.3 is 0 Å². The molecule has 4 aliphatic rings. The number of aliphatic hydroxyl groups excluding tert-OH is 3. The number of nitrogens with zero attached hydrogens (tertiary/aromatic N) is 2. The van der Waals surface area contributed by atoms with Gasteiger partial charge in [0.1, 0.15) is 30.1 Å². The smallest absolute Gasteiger partial charge is 0.225 e. The number of nitrogens with one attached hydrogen (secondary N) is 1. The number of ether oxygens (including phenoxy) is 2. The molecule has 6 atom stereocenters. The molecule has 0 spiro atoms. The number of aliphatic hydroxyl groups is 4. The molecule has 286 valence electrons. The highest BCUT2D eigenvalue weighted by Gasteiger charge is 2.71. The normalized spacial score (nSPS) is 30.3. The van der Waals surface area contributed by atoms with Gasteiger partial charge in [-0.15, -0.1) is 0 Å². The minimum absolute atomic E-state index is 0.0128. The molecular formula is C40H56FN3O8. The fourth-order valence-electron chi connectivity index (χ4n) is 8.73. The number of likely N-dealkylation sites (tertiary alicyclic amines) is 1. The van der Waals surface area contributed by atoms with Crippen molar-refractivity contribution in [2.75, 3.05) is 32.8 Å². The van der Waals surface area contributed by atoms with Gasteiger partial charge in [0.15, 0.2) is 5.60 Å². The van der Waals surface area contributed by atoms with Gasteiger partial charge in [-0.2, -0.15) is 0 Å². The number of fused-ring (bicyclic) bond motifs is 2. The Hall–Kier alpha value is -2.97. The van der Waals surface area contributed by atoms with Crippen LogP contribution in [-0.4, -0.2) is 117 Å². The Kier molecular flexibility index (Phi) is 11.5. The first-order chi connectivity index (χ1) is 24.7. The highest BCUT2D eigenvalue weighted by molar-refractivity contribution is 5.77. The Bertz CT molecular complexity index is 1560. The van der Waals surface area contributed by atoms with Crippen molar-refractivity contribution in [3.63, 3.8) is 0 Å². The zero-order valence-electron chi connectivity index (χ0n) is 30.7. The molecule has 2 aromatic carbocycles. The molecule has 2 aromatic rings. The summed E-state index contributed by atoms with van der Waals surface area (Å²) in [6.45, 7) is 6.87. The van der Waals surface area contributed by atoms with E-state index < -0.39 is 47.1 Å². The Morgan fingerprint density at radius 1 is 1.08 bits per heavy atom. The molecule has 5 N–H and O–H groups in total. The maximum Gasteiger partial charge on any atom is 0.225 e. The zero-order valence-corrected chi connectivity index (χ0v) is 30.7. The summed E-state index contributed by atoms with van der Waals surface area (Å²) in [5, 5.41) is 46.7. The van der Waals surface area contributed by atoms with E-state index in [0.717, 1.165) is 54.4 Å². The van der Waals surface area contributed by atoms with Crippen LogP contribution in [0.1, 0.15) is 93.0 Å². The Labute approximate surface area is 306 Å². The van der Waals surface area contributed by atoms with Gasteiger partial charge in [-0.25, -0.2) is 4.39 Å². The average molecular weight is 726 g/mol. The number of benzene rings is 2. The molecule has 3 aliphatic heterocycles. The highest BCUT2D eigenvalue weighted by Crippen LogP contribution is 2.53. The van der Waals surface area contributed by atoms with Gasteiger partial charge in [-0.3, -0.25) is 14.5 Å². The molecule has 1 saturated carbocycles. The minimum atomic E-state index is -1.76. The van der Waals surface area contributed by atoms with Crippen LogP contribution in [0.5, 0.6) is 0 Å². The van der Waals surface area contributed by atoms with Gasteiger partial charge in [0.05, 0.1) is 12.2 Å². The number of carbonyl (C=O) groups is 2. The van der Waals surface area contributed by atoms with E-state index in [1.54, 1.807) is 6.07 Å². The number of rotatable bonds is 14. The maximum absolute atomic E-state index is 13.9. The lowest BCUT2D eigenvalue weighted by Crippen LogP contribution is -2.70. The van der Waals surface area contributed by atoms with E-state index in [4.69, 9.17) is 9.47 Å². The van der Waals surface area contributed by atoms with Crippen molar-refractivity contribution in [1.29, 1.82) is 0 Å². The van der Waals surface area contributed by atoms with E-state index in [1.807, 2.05) is 24.0 Å². The topological polar surface area (TPSA) is 152 Å². The van der Waals surface area contributed by atoms with Crippen LogP contribution in [0.4, 0.5) is 4.39 Å². The summed E-state index contributed by atoms with van der Waals surface area (Å²) in [7, 11) is 0. The van der Waals surface area contributed by atoms with E-state index in [1.165, 1.54) is 13.8 Å². The summed E-state index contributed by atoms with van der Waals surface area (Å²) in [5.74, 6) is -1.75. The second-order valence-corrected chi connectivity index (χ2v) is 16.0. The lowest BCUT2D eigenvalue weighted by molar-refractivity contribution is -0.348. The predicted octanol–water partition coefficient (Wildman–Crippen LogP) is 2.99.